The van der Waals surface area contributed by atoms with Crippen LogP contribution in [0.2, 0.25) is 0 Å². The molecule has 0 rings (SSSR count). The Morgan fingerprint density at radius 3 is 2.00 bits per heavy atom. The Morgan fingerprint density at radius 1 is 0.850 bits per heavy atom. The summed E-state index contributed by atoms with van der Waals surface area (Å²) < 4.78 is 0. The van der Waals surface area contributed by atoms with E-state index in [1.807, 2.05) is 0 Å². The van der Waals surface area contributed by atoms with Gasteiger partial charge in [-0.3, -0.25) is 0 Å². The molecule has 0 fully saturated rings. The first kappa shape index (κ1) is 19.9. The van der Waals surface area contributed by atoms with E-state index in [9.17, 15) is 5.11 Å². The Hall–Kier alpha value is -0.0800. The highest BCUT2D eigenvalue weighted by Gasteiger charge is 2.14. The maximum absolute atomic E-state index is 9.44. The molecule has 0 unspecified atom stereocenters. The van der Waals surface area contributed by atoms with E-state index in [-0.39, 0.29) is 0 Å². The van der Waals surface area contributed by atoms with Crippen LogP contribution in [0.4, 0.5) is 0 Å². The van der Waals surface area contributed by atoms with E-state index in [1.165, 1.54) is 38.5 Å². The Labute approximate surface area is 127 Å². The minimum absolute atomic E-state index is 0.359. The lowest BCUT2D eigenvalue weighted by molar-refractivity contribution is 0.190. The smallest absolute Gasteiger partial charge is 0.0459 e. The van der Waals surface area contributed by atoms with Crippen LogP contribution in [0.5, 0.6) is 0 Å². The predicted octanol–water partition coefficient (Wildman–Crippen LogP) is 4.62. The molecule has 0 radical (unpaired) electrons. The monoisotopic (exact) mass is 285 g/mol. The number of aliphatic hydroxyl groups excluding tert-OH is 1. The summed E-state index contributed by atoms with van der Waals surface area (Å²) in [7, 11) is 0. The summed E-state index contributed by atoms with van der Waals surface area (Å²) in [5.74, 6) is 0.511. The molecule has 0 bridgehead atoms. The van der Waals surface area contributed by atoms with Crippen LogP contribution in [0.25, 0.3) is 0 Å². The molecule has 0 aliphatic rings. The molecule has 0 saturated carbocycles. The molecule has 1 atom stereocenters. The van der Waals surface area contributed by atoms with Crippen LogP contribution >= 0.6 is 0 Å². The minimum Gasteiger partial charge on any atom is -0.396 e. The molecular weight excluding hydrogens is 246 g/mol. The van der Waals surface area contributed by atoms with Crippen molar-refractivity contribution in [1.29, 1.82) is 0 Å². The van der Waals surface area contributed by atoms with Gasteiger partial charge in [0.05, 0.1) is 0 Å². The Bertz CT molecular complexity index is 225. The molecule has 0 spiro atoms. The van der Waals surface area contributed by atoms with Crippen molar-refractivity contribution < 1.29 is 5.11 Å². The van der Waals surface area contributed by atoms with E-state index in [1.54, 1.807) is 0 Å². The Balaban J connectivity index is 3.52. The fourth-order valence-corrected chi connectivity index (χ4v) is 2.29. The number of unbranched alkanes of at least 4 members (excludes halogenated alkanes) is 2. The first-order chi connectivity index (χ1) is 9.14. The van der Waals surface area contributed by atoms with Gasteiger partial charge in [-0.15, -0.1) is 0 Å². The van der Waals surface area contributed by atoms with E-state index in [2.05, 4.69) is 46.9 Å². The van der Waals surface area contributed by atoms with Crippen molar-refractivity contribution in [3.63, 3.8) is 0 Å². The van der Waals surface area contributed by atoms with Crippen molar-refractivity contribution in [3.8, 4) is 0 Å². The highest BCUT2D eigenvalue weighted by atomic mass is 16.3. The summed E-state index contributed by atoms with van der Waals surface area (Å²) in [6, 6.07) is 0. The molecule has 2 nitrogen and oxygen atoms in total. The van der Waals surface area contributed by atoms with Crippen molar-refractivity contribution in [3.05, 3.63) is 0 Å². The molecular formula is C18H39NO. The third kappa shape index (κ3) is 14.3. The zero-order valence-electron chi connectivity index (χ0n) is 14.9. The number of nitrogens with one attached hydrogen (secondary N) is 1. The van der Waals surface area contributed by atoms with Crippen LogP contribution < -0.4 is 5.32 Å². The molecule has 2 N–H and O–H groups in total. The molecule has 0 aromatic carbocycles. The second-order valence-electron chi connectivity index (χ2n) is 8.73. The van der Waals surface area contributed by atoms with Crippen molar-refractivity contribution in [2.24, 2.45) is 16.7 Å². The van der Waals surface area contributed by atoms with Crippen LogP contribution in [0.15, 0.2) is 0 Å². The van der Waals surface area contributed by atoms with Crippen molar-refractivity contribution in [2.75, 3.05) is 19.7 Å². The predicted molar refractivity (Wildman–Crippen MR) is 90.1 cm³/mol. The van der Waals surface area contributed by atoms with Crippen LogP contribution in [-0.4, -0.2) is 24.8 Å². The zero-order chi connectivity index (χ0) is 15.6. The van der Waals surface area contributed by atoms with Gasteiger partial charge >= 0.3 is 0 Å². The van der Waals surface area contributed by atoms with E-state index < -0.39 is 0 Å². The SMILES string of the molecule is CC(C)(C)CC[C@@H](CO)CCCCCNCC(C)(C)C. The summed E-state index contributed by atoms with van der Waals surface area (Å²) >= 11 is 0. The molecule has 20 heavy (non-hydrogen) atoms. The van der Waals surface area contributed by atoms with Gasteiger partial charge in [-0.25, -0.2) is 0 Å². The summed E-state index contributed by atoms with van der Waals surface area (Å²) in [4.78, 5) is 0. The normalized spacial score (nSPS) is 14.6. The van der Waals surface area contributed by atoms with Gasteiger partial charge in [0.2, 0.25) is 0 Å². The average molecular weight is 286 g/mol. The summed E-state index contributed by atoms with van der Waals surface area (Å²) in [5, 5.41) is 13.0. The van der Waals surface area contributed by atoms with Crippen LogP contribution in [0, 0.1) is 16.7 Å². The molecule has 0 aliphatic carbocycles. The maximum atomic E-state index is 9.44. The number of rotatable bonds is 10. The third-order valence-electron chi connectivity index (χ3n) is 3.68. The first-order valence-electron chi connectivity index (χ1n) is 8.46. The van der Waals surface area contributed by atoms with Gasteiger partial charge in [-0.2, -0.15) is 0 Å². The molecule has 0 aliphatic heterocycles. The molecule has 0 amide bonds. The van der Waals surface area contributed by atoms with Crippen molar-refractivity contribution >= 4 is 0 Å². The molecule has 0 saturated heterocycles. The van der Waals surface area contributed by atoms with Crippen molar-refractivity contribution in [1.82, 2.24) is 5.32 Å². The van der Waals surface area contributed by atoms with Gasteiger partial charge in [-0.1, -0.05) is 54.4 Å². The highest BCUT2D eigenvalue weighted by Crippen LogP contribution is 2.25. The fraction of sp³-hybridized carbons (Fsp3) is 1.00. The van der Waals surface area contributed by atoms with E-state index in [0.29, 0.717) is 23.4 Å². The van der Waals surface area contributed by atoms with Gasteiger partial charge in [0.1, 0.15) is 0 Å². The van der Waals surface area contributed by atoms with Gasteiger partial charge in [0.15, 0.2) is 0 Å². The quantitative estimate of drug-likeness (QED) is 0.574. The van der Waals surface area contributed by atoms with E-state index in [0.717, 1.165) is 13.1 Å². The van der Waals surface area contributed by atoms with Gasteiger partial charge in [0, 0.05) is 6.61 Å². The summed E-state index contributed by atoms with van der Waals surface area (Å²) in [6.07, 6.45) is 7.36. The van der Waals surface area contributed by atoms with Gasteiger partial charge in [-0.05, 0) is 55.5 Å². The fourth-order valence-electron chi connectivity index (χ4n) is 2.29. The lowest BCUT2D eigenvalue weighted by atomic mass is 9.85. The topological polar surface area (TPSA) is 32.3 Å². The van der Waals surface area contributed by atoms with Crippen molar-refractivity contribution in [2.45, 2.75) is 80.1 Å². The van der Waals surface area contributed by atoms with E-state index in [4.69, 9.17) is 0 Å². The van der Waals surface area contributed by atoms with Crippen LogP contribution in [-0.2, 0) is 0 Å². The third-order valence-corrected chi connectivity index (χ3v) is 3.68. The zero-order valence-corrected chi connectivity index (χ0v) is 14.9. The largest absolute Gasteiger partial charge is 0.396 e. The lowest BCUT2D eigenvalue weighted by Gasteiger charge is -2.22. The van der Waals surface area contributed by atoms with Crippen LogP contribution in [0.3, 0.4) is 0 Å². The second-order valence-corrected chi connectivity index (χ2v) is 8.73. The van der Waals surface area contributed by atoms with Crippen LogP contribution in [0.1, 0.15) is 80.1 Å². The molecule has 122 valence electrons. The highest BCUT2D eigenvalue weighted by molar-refractivity contribution is 4.67. The molecule has 2 heteroatoms. The summed E-state index contributed by atoms with van der Waals surface area (Å²) in [6.45, 7) is 16.2. The lowest BCUT2D eigenvalue weighted by Crippen LogP contribution is -2.27. The Morgan fingerprint density at radius 2 is 1.50 bits per heavy atom. The molecule has 0 aromatic rings. The molecule has 0 heterocycles. The maximum Gasteiger partial charge on any atom is 0.0459 e. The van der Waals surface area contributed by atoms with E-state index >= 15 is 0 Å². The second kappa shape index (κ2) is 9.78. The number of aliphatic hydroxyl groups is 1. The Kier molecular flexibility index (Phi) is 9.74. The number of hydrogen-bond acceptors (Lipinski definition) is 2. The van der Waals surface area contributed by atoms with Gasteiger partial charge in [0.25, 0.3) is 0 Å². The first-order valence-corrected chi connectivity index (χ1v) is 8.46. The molecule has 0 aromatic heterocycles. The summed E-state index contributed by atoms with van der Waals surface area (Å²) in [5.41, 5.74) is 0.777. The standard InChI is InChI=1S/C18H39NO/c1-17(2,3)12-11-16(14-20)10-8-7-9-13-19-15-18(4,5)6/h16,19-20H,7-15H2,1-6H3/t16-/m0/s1. The minimum atomic E-state index is 0.359. The average Bonchev–Trinajstić information content (AvgIpc) is 2.29. The van der Waals surface area contributed by atoms with Gasteiger partial charge < -0.3 is 10.4 Å². The number of hydrogen-bond donors (Lipinski definition) is 2.